The molecule has 2 atom stereocenters. The van der Waals surface area contributed by atoms with Gasteiger partial charge in [-0.2, -0.15) is 0 Å². The van der Waals surface area contributed by atoms with Gasteiger partial charge in [0.15, 0.2) is 0 Å². The molecular formula is C40H47FN2. The van der Waals surface area contributed by atoms with Crippen molar-refractivity contribution in [1.82, 2.24) is 5.32 Å². The summed E-state index contributed by atoms with van der Waals surface area (Å²) in [4.78, 5) is 0. The first-order valence-corrected chi connectivity index (χ1v) is 15.9. The molecular weight excluding hydrogens is 527 g/mol. The molecule has 3 aromatic carbocycles. The molecule has 43 heavy (non-hydrogen) atoms. The summed E-state index contributed by atoms with van der Waals surface area (Å²) in [6.45, 7) is 12.5. The van der Waals surface area contributed by atoms with E-state index in [1.807, 2.05) is 25.1 Å². The third-order valence-electron chi connectivity index (χ3n) is 9.09. The summed E-state index contributed by atoms with van der Waals surface area (Å²) in [6, 6.07) is 22.2. The zero-order valence-electron chi connectivity index (χ0n) is 26.5. The largest absolute Gasteiger partial charge is 0.357 e. The lowest BCUT2D eigenvalue weighted by Gasteiger charge is -2.43. The monoisotopic (exact) mass is 574 g/mol. The van der Waals surface area contributed by atoms with E-state index in [1.165, 1.54) is 43.7 Å². The highest BCUT2D eigenvalue weighted by molar-refractivity contribution is 5.66. The van der Waals surface area contributed by atoms with Gasteiger partial charge in [0.05, 0.1) is 0 Å². The van der Waals surface area contributed by atoms with Crippen molar-refractivity contribution >= 4 is 5.69 Å². The summed E-state index contributed by atoms with van der Waals surface area (Å²) in [6.07, 6.45) is 16.5. The number of benzene rings is 3. The molecule has 2 N–H and O–H groups in total. The molecule has 0 aromatic heterocycles. The van der Waals surface area contributed by atoms with Crippen LogP contribution in [0, 0.1) is 42.8 Å². The Bertz CT molecular complexity index is 1500. The maximum atomic E-state index is 14.0. The number of nitrogens with one attached hydrogen (secondary N) is 2. The number of anilines is 1. The Labute approximate surface area is 259 Å². The molecule has 0 heterocycles. The van der Waals surface area contributed by atoms with E-state index >= 15 is 0 Å². The van der Waals surface area contributed by atoms with Crippen LogP contribution >= 0.6 is 0 Å². The van der Waals surface area contributed by atoms with E-state index in [1.54, 1.807) is 13.0 Å². The summed E-state index contributed by atoms with van der Waals surface area (Å²) < 4.78 is 14.0. The maximum Gasteiger partial charge on any atom is 0.126 e. The van der Waals surface area contributed by atoms with Crippen molar-refractivity contribution in [3.63, 3.8) is 0 Å². The predicted molar refractivity (Wildman–Crippen MR) is 181 cm³/mol. The quantitative estimate of drug-likeness (QED) is 0.199. The van der Waals surface area contributed by atoms with Gasteiger partial charge in [0, 0.05) is 22.5 Å². The van der Waals surface area contributed by atoms with Crippen molar-refractivity contribution in [2.24, 2.45) is 5.92 Å². The van der Waals surface area contributed by atoms with Crippen molar-refractivity contribution in [2.45, 2.75) is 96.6 Å². The molecule has 3 heteroatoms. The first-order valence-electron chi connectivity index (χ1n) is 15.9. The van der Waals surface area contributed by atoms with Crippen LogP contribution in [0.1, 0.15) is 95.2 Å². The van der Waals surface area contributed by atoms with Gasteiger partial charge >= 0.3 is 0 Å². The average molecular weight is 575 g/mol. The predicted octanol–water partition coefficient (Wildman–Crippen LogP) is 10.1. The van der Waals surface area contributed by atoms with E-state index in [0.717, 1.165) is 59.7 Å². The van der Waals surface area contributed by atoms with Crippen LogP contribution in [0.3, 0.4) is 0 Å². The first-order chi connectivity index (χ1) is 20.7. The zero-order chi connectivity index (χ0) is 30.9. The second-order valence-corrected chi connectivity index (χ2v) is 12.4. The number of hydrogen-bond acceptors (Lipinski definition) is 2. The molecule has 1 aliphatic rings. The third kappa shape index (κ3) is 7.98. The van der Waals surface area contributed by atoms with Crippen LogP contribution in [0.25, 0.3) is 11.1 Å². The standard InChI is InChI=1S/C40H47FN2/c1-7-25-39(6,31(5)42-37-23-24-38(41)30(4)28-37)43-40(26-8-2,27-13-17-33-14-10-11-15-33)36-21-19-34(20-22-36)35-18-12-16-32(9-3)29-35/h3,12,16,18-24,28-29,33,42-43H,5,8,10-11,13-15,17,26-27H2,1-2,4,6H3. The van der Waals surface area contributed by atoms with Crippen molar-refractivity contribution < 1.29 is 4.39 Å². The van der Waals surface area contributed by atoms with Crippen LogP contribution in [0.4, 0.5) is 10.1 Å². The molecule has 1 fully saturated rings. The van der Waals surface area contributed by atoms with Crippen molar-refractivity contribution in [3.05, 3.63) is 102 Å². The van der Waals surface area contributed by atoms with Gasteiger partial charge in [0.25, 0.3) is 0 Å². The minimum atomic E-state index is -0.737. The van der Waals surface area contributed by atoms with Gasteiger partial charge in [-0.1, -0.05) is 107 Å². The molecule has 0 aliphatic heterocycles. The highest BCUT2D eigenvalue weighted by Gasteiger charge is 2.39. The fraction of sp³-hybridized carbons (Fsp3) is 0.400. The minimum absolute atomic E-state index is 0.218. The lowest BCUT2D eigenvalue weighted by molar-refractivity contribution is 0.229. The number of hydrogen-bond donors (Lipinski definition) is 2. The fourth-order valence-corrected chi connectivity index (χ4v) is 6.73. The van der Waals surface area contributed by atoms with E-state index in [4.69, 9.17) is 6.42 Å². The van der Waals surface area contributed by atoms with Gasteiger partial charge in [-0.3, -0.25) is 5.32 Å². The number of rotatable bonds is 13. The Balaban J connectivity index is 1.70. The molecule has 2 unspecified atom stereocenters. The molecule has 3 aromatic rings. The van der Waals surface area contributed by atoms with Gasteiger partial charge in [-0.15, -0.1) is 12.3 Å². The van der Waals surface area contributed by atoms with Crippen LogP contribution in [0.15, 0.2) is 79.0 Å². The van der Waals surface area contributed by atoms with Crippen molar-refractivity contribution in [3.8, 4) is 35.3 Å². The summed E-state index contributed by atoms with van der Waals surface area (Å²) in [5.74, 6) is 9.99. The molecule has 0 bridgehead atoms. The fourth-order valence-electron chi connectivity index (χ4n) is 6.73. The molecule has 0 amide bonds. The maximum absolute atomic E-state index is 14.0. The molecule has 1 aliphatic carbocycles. The summed E-state index contributed by atoms with van der Waals surface area (Å²) >= 11 is 0. The SMILES string of the molecule is C#Cc1cccc(-c2ccc(C(CCC)(CCCC3CCCC3)NC(C)(C#CC)C(=C)Nc3ccc(F)c(C)c3)cc2)c1. The smallest absolute Gasteiger partial charge is 0.126 e. The van der Waals surface area contributed by atoms with Gasteiger partial charge in [0.1, 0.15) is 11.4 Å². The Morgan fingerprint density at radius 1 is 1.02 bits per heavy atom. The second kappa shape index (κ2) is 14.6. The molecule has 0 saturated heterocycles. The molecule has 224 valence electrons. The van der Waals surface area contributed by atoms with E-state index in [0.29, 0.717) is 5.56 Å². The number of halogens is 1. The van der Waals surface area contributed by atoms with Crippen LogP contribution in [-0.4, -0.2) is 5.54 Å². The number of aryl methyl sites for hydroxylation is 1. The molecule has 0 radical (unpaired) electrons. The highest BCUT2D eigenvalue weighted by Crippen LogP contribution is 2.39. The summed E-state index contributed by atoms with van der Waals surface area (Å²) in [7, 11) is 0. The second-order valence-electron chi connectivity index (χ2n) is 12.4. The van der Waals surface area contributed by atoms with Gasteiger partial charge < -0.3 is 5.32 Å². The van der Waals surface area contributed by atoms with Crippen molar-refractivity contribution in [1.29, 1.82) is 0 Å². The zero-order valence-corrected chi connectivity index (χ0v) is 26.5. The Morgan fingerprint density at radius 2 is 1.77 bits per heavy atom. The molecule has 4 rings (SSSR count). The van der Waals surface area contributed by atoms with Gasteiger partial charge in [-0.25, -0.2) is 4.39 Å². The van der Waals surface area contributed by atoms with Crippen LogP contribution in [0.5, 0.6) is 0 Å². The van der Waals surface area contributed by atoms with Crippen LogP contribution in [0.2, 0.25) is 0 Å². The topological polar surface area (TPSA) is 24.1 Å². The minimum Gasteiger partial charge on any atom is -0.357 e. The normalized spacial score (nSPS) is 15.9. The summed E-state index contributed by atoms with van der Waals surface area (Å²) in [5.41, 5.74) is 5.49. The lowest BCUT2D eigenvalue weighted by atomic mass is 9.77. The van der Waals surface area contributed by atoms with Gasteiger partial charge in [0.2, 0.25) is 0 Å². The lowest BCUT2D eigenvalue weighted by Crippen LogP contribution is -2.56. The first kappa shape index (κ1) is 32.1. The summed E-state index contributed by atoms with van der Waals surface area (Å²) in [5, 5.41) is 7.53. The average Bonchev–Trinajstić information content (AvgIpc) is 3.53. The van der Waals surface area contributed by atoms with Crippen LogP contribution < -0.4 is 10.6 Å². The van der Waals surface area contributed by atoms with Crippen LogP contribution in [-0.2, 0) is 5.54 Å². The Morgan fingerprint density at radius 3 is 2.42 bits per heavy atom. The van der Waals surface area contributed by atoms with Gasteiger partial charge in [-0.05, 0) is 92.1 Å². The highest BCUT2D eigenvalue weighted by atomic mass is 19.1. The van der Waals surface area contributed by atoms with E-state index in [-0.39, 0.29) is 11.4 Å². The molecule has 1 saturated carbocycles. The third-order valence-corrected chi connectivity index (χ3v) is 9.09. The van der Waals surface area contributed by atoms with E-state index < -0.39 is 5.54 Å². The Hall–Kier alpha value is -3.79. The van der Waals surface area contributed by atoms with E-state index in [9.17, 15) is 4.39 Å². The Kier molecular flexibility index (Phi) is 10.9. The molecule has 2 nitrogen and oxygen atoms in total. The van der Waals surface area contributed by atoms with E-state index in [2.05, 4.69) is 85.2 Å². The number of terminal acetylenes is 1. The van der Waals surface area contributed by atoms with Crippen molar-refractivity contribution in [2.75, 3.05) is 5.32 Å². The molecule has 0 spiro atoms.